The Bertz CT molecular complexity index is 1010. The van der Waals surface area contributed by atoms with E-state index in [-0.39, 0.29) is 36.3 Å². The monoisotopic (exact) mass is 437 g/mol. The van der Waals surface area contributed by atoms with Gasteiger partial charge in [0.2, 0.25) is 5.91 Å². The number of carbonyl (C=O) groups is 2. The number of rotatable bonds is 3. The van der Waals surface area contributed by atoms with Gasteiger partial charge in [-0.2, -0.15) is 13.2 Å². The summed E-state index contributed by atoms with van der Waals surface area (Å²) in [7, 11) is 0. The maximum Gasteiger partial charge on any atom is 0.417 e. The van der Waals surface area contributed by atoms with Crippen LogP contribution in [0.1, 0.15) is 46.3 Å². The van der Waals surface area contributed by atoms with Crippen LogP contribution in [0.5, 0.6) is 0 Å². The smallest absolute Gasteiger partial charge is 0.417 e. The van der Waals surface area contributed by atoms with Crippen molar-refractivity contribution in [3.63, 3.8) is 0 Å². The van der Waals surface area contributed by atoms with E-state index in [1.54, 1.807) is 17.0 Å². The largest absolute Gasteiger partial charge is 0.449 e. The second-order valence-electron chi connectivity index (χ2n) is 7.66. The van der Waals surface area contributed by atoms with Gasteiger partial charge in [0, 0.05) is 18.5 Å². The molecule has 0 bridgehead atoms. The average molecular weight is 438 g/mol. The number of ether oxygens (including phenoxy) is 1. The minimum Gasteiger partial charge on any atom is -0.449 e. The zero-order valence-corrected chi connectivity index (χ0v) is 16.7. The molecular formula is C22H19ClF3NO3. The predicted molar refractivity (Wildman–Crippen MR) is 104 cm³/mol. The Morgan fingerprint density at radius 3 is 2.73 bits per heavy atom. The number of carbonyl (C=O) groups excluding carboxylic acids is 2. The Morgan fingerprint density at radius 2 is 1.97 bits per heavy atom. The molecule has 1 amide bonds. The lowest BCUT2D eigenvalue weighted by Crippen LogP contribution is -2.48. The standard InChI is InChI=1S/C22H19ClF3NO3/c23-18-8-6-14(12-17(18)22(24,25)26)7-9-19(28)27-11-3-10-21(13-27)16-5-2-1-4-15(16)20(29)30-21/h1-2,4-6,8,12H,3,7,9-11,13H2. The number of hydrogen-bond acceptors (Lipinski definition) is 3. The van der Waals surface area contributed by atoms with E-state index in [4.69, 9.17) is 16.3 Å². The van der Waals surface area contributed by atoms with E-state index < -0.39 is 17.3 Å². The lowest BCUT2D eigenvalue weighted by Gasteiger charge is -2.39. The van der Waals surface area contributed by atoms with Crippen molar-refractivity contribution in [1.82, 2.24) is 4.90 Å². The van der Waals surface area contributed by atoms with E-state index >= 15 is 0 Å². The van der Waals surface area contributed by atoms with Crippen LogP contribution in [0.15, 0.2) is 42.5 Å². The number of aryl methyl sites for hydroxylation is 1. The van der Waals surface area contributed by atoms with Gasteiger partial charge < -0.3 is 9.64 Å². The highest BCUT2D eigenvalue weighted by Crippen LogP contribution is 2.43. The molecule has 2 heterocycles. The molecule has 30 heavy (non-hydrogen) atoms. The third-order valence-corrected chi connectivity index (χ3v) is 6.03. The summed E-state index contributed by atoms with van der Waals surface area (Å²) in [6.45, 7) is 0.776. The molecule has 0 saturated carbocycles. The van der Waals surface area contributed by atoms with Crippen molar-refractivity contribution >= 4 is 23.5 Å². The van der Waals surface area contributed by atoms with Crippen molar-refractivity contribution < 1.29 is 27.5 Å². The second kappa shape index (κ2) is 7.61. The molecule has 1 unspecified atom stereocenters. The highest BCUT2D eigenvalue weighted by Gasteiger charge is 2.48. The van der Waals surface area contributed by atoms with Crippen molar-refractivity contribution in [3.8, 4) is 0 Å². The van der Waals surface area contributed by atoms with Crippen molar-refractivity contribution in [2.24, 2.45) is 0 Å². The van der Waals surface area contributed by atoms with Gasteiger partial charge in [-0.3, -0.25) is 4.79 Å². The number of alkyl halides is 3. The molecule has 1 atom stereocenters. The van der Waals surface area contributed by atoms with E-state index in [0.29, 0.717) is 30.5 Å². The highest BCUT2D eigenvalue weighted by molar-refractivity contribution is 6.31. The van der Waals surface area contributed by atoms with Gasteiger partial charge in [-0.25, -0.2) is 4.79 Å². The lowest BCUT2D eigenvalue weighted by molar-refractivity contribution is -0.138. The molecule has 2 aliphatic heterocycles. The fourth-order valence-corrected chi connectivity index (χ4v) is 4.46. The zero-order chi connectivity index (χ0) is 21.5. The second-order valence-corrected chi connectivity index (χ2v) is 8.07. The molecule has 2 aromatic carbocycles. The highest BCUT2D eigenvalue weighted by atomic mass is 35.5. The molecule has 0 radical (unpaired) electrons. The van der Waals surface area contributed by atoms with Gasteiger partial charge in [-0.1, -0.05) is 35.9 Å². The third-order valence-electron chi connectivity index (χ3n) is 5.70. The van der Waals surface area contributed by atoms with Crippen LogP contribution in [0.25, 0.3) is 0 Å². The first-order valence-electron chi connectivity index (χ1n) is 9.66. The van der Waals surface area contributed by atoms with Crippen molar-refractivity contribution in [2.75, 3.05) is 13.1 Å². The number of amides is 1. The molecule has 2 aliphatic rings. The third kappa shape index (κ3) is 3.78. The normalized spacial score (nSPS) is 20.9. The molecule has 158 valence electrons. The number of esters is 1. The summed E-state index contributed by atoms with van der Waals surface area (Å²) in [6.07, 6.45) is -3.02. The number of benzene rings is 2. The van der Waals surface area contributed by atoms with Crippen molar-refractivity contribution in [2.45, 2.75) is 37.5 Å². The van der Waals surface area contributed by atoms with Crippen molar-refractivity contribution in [1.29, 1.82) is 0 Å². The van der Waals surface area contributed by atoms with Crippen LogP contribution in [0.3, 0.4) is 0 Å². The fourth-order valence-electron chi connectivity index (χ4n) is 4.24. The fraction of sp³-hybridized carbons (Fsp3) is 0.364. The molecule has 1 saturated heterocycles. The Kier molecular flexibility index (Phi) is 5.26. The van der Waals surface area contributed by atoms with Gasteiger partial charge in [0.25, 0.3) is 0 Å². The minimum atomic E-state index is -4.55. The maximum absolute atomic E-state index is 13.0. The van der Waals surface area contributed by atoms with Gasteiger partial charge >= 0.3 is 12.1 Å². The zero-order valence-electron chi connectivity index (χ0n) is 16.0. The first kappa shape index (κ1) is 20.7. The summed E-state index contributed by atoms with van der Waals surface area (Å²) in [5.74, 6) is -0.571. The first-order chi connectivity index (χ1) is 14.2. The van der Waals surface area contributed by atoms with Crippen molar-refractivity contribution in [3.05, 3.63) is 69.7 Å². The summed E-state index contributed by atoms with van der Waals surface area (Å²) in [6, 6.07) is 10.9. The van der Waals surface area contributed by atoms with Gasteiger partial charge in [0.15, 0.2) is 5.60 Å². The number of fused-ring (bicyclic) bond motifs is 2. The molecule has 8 heteroatoms. The summed E-state index contributed by atoms with van der Waals surface area (Å²) in [4.78, 5) is 26.7. The molecule has 1 fully saturated rings. The molecular weight excluding hydrogens is 419 g/mol. The van der Waals surface area contributed by atoms with Crippen LogP contribution in [0, 0.1) is 0 Å². The van der Waals surface area contributed by atoms with Crippen LogP contribution in [0.4, 0.5) is 13.2 Å². The van der Waals surface area contributed by atoms with E-state index in [1.807, 2.05) is 12.1 Å². The molecule has 0 aromatic heterocycles. The minimum absolute atomic E-state index is 0.0601. The van der Waals surface area contributed by atoms with Gasteiger partial charge in [0.05, 0.1) is 22.7 Å². The first-order valence-corrected chi connectivity index (χ1v) is 10.0. The predicted octanol–water partition coefficient (Wildman–Crippen LogP) is 4.98. The molecule has 4 rings (SSSR count). The number of hydrogen-bond donors (Lipinski definition) is 0. The quantitative estimate of drug-likeness (QED) is 0.636. The number of halogens is 4. The van der Waals surface area contributed by atoms with Gasteiger partial charge in [-0.05, 0) is 43.0 Å². The van der Waals surface area contributed by atoms with Crippen LogP contribution >= 0.6 is 11.6 Å². The van der Waals surface area contributed by atoms with Gasteiger partial charge in [-0.15, -0.1) is 0 Å². The Balaban J connectivity index is 1.46. The van der Waals surface area contributed by atoms with E-state index in [0.717, 1.165) is 11.6 Å². The Labute approximate surface area is 176 Å². The molecule has 0 aliphatic carbocycles. The summed E-state index contributed by atoms with van der Waals surface area (Å²) >= 11 is 5.65. The van der Waals surface area contributed by atoms with Crippen LogP contribution in [0.2, 0.25) is 5.02 Å². The topological polar surface area (TPSA) is 46.6 Å². The van der Waals surface area contributed by atoms with E-state index in [9.17, 15) is 22.8 Å². The molecule has 2 aromatic rings. The van der Waals surface area contributed by atoms with Crippen LogP contribution < -0.4 is 0 Å². The maximum atomic E-state index is 13.0. The SMILES string of the molecule is O=C1OC2(CCCN(C(=O)CCc3ccc(Cl)c(C(F)(F)F)c3)C2)c2ccccc21. The molecule has 1 spiro atoms. The summed E-state index contributed by atoms with van der Waals surface area (Å²) < 4.78 is 44.8. The molecule has 4 nitrogen and oxygen atoms in total. The van der Waals surface area contributed by atoms with E-state index in [2.05, 4.69) is 0 Å². The van der Waals surface area contributed by atoms with Crippen LogP contribution in [-0.4, -0.2) is 29.9 Å². The Morgan fingerprint density at radius 1 is 1.20 bits per heavy atom. The number of piperidine rings is 1. The lowest BCUT2D eigenvalue weighted by atomic mass is 9.85. The average Bonchev–Trinajstić information content (AvgIpc) is 2.98. The van der Waals surface area contributed by atoms with Gasteiger partial charge in [0.1, 0.15) is 0 Å². The van der Waals surface area contributed by atoms with E-state index in [1.165, 1.54) is 12.1 Å². The number of likely N-dealkylation sites (tertiary alicyclic amines) is 1. The summed E-state index contributed by atoms with van der Waals surface area (Å²) in [5.41, 5.74) is -0.0386. The Hall–Kier alpha value is -2.54. The summed E-state index contributed by atoms with van der Waals surface area (Å²) in [5, 5.41) is -0.364. The number of nitrogens with zero attached hydrogens (tertiary/aromatic N) is 1. The van der Waals surface area contributed by atoms with Crippen LogP contribution in [-0.2, 0) is 27.7 Å². The molecule has 0 N–H and O–H groups in total.